The summed E-state index contributed by atoms with van der Waals surface area (Å²) in [5.74, 6) is 0.379. The van der Waals surface area contributed by atoms with Gasteiger partial charge in [0.25, 0.3) is 0 Å². The Labute approximate surface area is 155 Å². The number of nitrogens with zero attached hydrogens (tertiary/aromatic N) is 1. The number of para-hydroxylation sites is 1. The smallest absolute Gasteiger partial charge is 0.241 e. The van der Waals surface area contributed by atoms with Crippen LogP contribution < -0.4 is 10.1 Å². The second-order valence-electron chi connectivity index (χ2n) is 6.57. The zero-order valence-corrected chi connectivity index (χ0v) is 15.9. The van der Waals surface area contributed by atoms with Crippen molar-refractivity contribution in [3.63, 3.8) is 0 Å². The first kappa shape index (κ1) is 19.9. The van der Waals surface area contributed by atoms with E-state index in [0.717, 1.165) is 29.8 Å². The molecule has 0 saturated carbocycles. The molecule has 1 amide bonds. The highest BCUT2D eigenvalue weighted by Gasteiger charge is 2.18. The molecule has 2 aromatic carbocycles. The van der Waals surface area contributed by atoms with Crippen LogP contribution in [0.25, 0.3) is 0 Å². The molecule has 0 radical (unpaired) electrons. The van der Waals surface area contributed by atoms with Crippen molar-refractivity contribution >= 4 is 11.6 Å². The Balaban J connectivity index is 1.79. The molecule has 5 heteroatoms. The number of halogens is 1. The van der Waals surface area contributed by atoms with Crippen molar-refractivity contribution in [2.75, 3.05) is 25.5 Å². The van der Waals surface area contributed by atoms with Crippen LogP contribution in [0.15, 0.2) is 42.5 Å². The predicted octanol–water partition coefficient (Wildman–Crippen LogP) is 4.17. The molecule has 140 valence electrons. The van der Waals surface area contributed by atoms with Crippen LogP contribution in [0, 0.1) is 19.7 Å². The largest absolute Gasteiger partial charge is 0.493 e. The molecular weight excluding hydrogens is 331 g/mol. The van der Waals surface area contributed by atoms with Gasteiger partial charge in [0, 0.05) is 12.2 Å². The molecule has 26 heavy (non-hydrogen) atoms. The minimum atomic E-state index is -0.361. The molecule has 1 atom stereocenters. The fraction of sp³-hybridized carbons (Fsp3) is 0.381. The van der Waals surface area contributed by atoms with Gasteiger partial charge in [-0.1, -0.05) is 24.3 Å². The van der Waals surface area contributed by atoms with Crippen molar-refractivity contribution in [2.24, 2.45) is 0 Å². The van der Waals surface area contributed by atoms with E-state index in [-0.39, 0.29) is 17.8 Å². The number of likely N-dealkylation sites (N-methyl/N-ethyl adjacent to an activating group) is 1. The van der Waals surface area contributed by atoms with Gasteiger partial charge in [0.1, 0.15) is 11.6 Å². The van der Waals surface area contributed by atoms with Crippen molar-refractivity contribution in [1.82, 2.24) is 4.90 Å². The third kappa shape index (κ3) is 5.56. The van der Waals surface area contributed by atoms with Crippen molar-refractivity contribution in [1.29, 1.82) is 0 Å². The molecule has 1 unspecified atom stereocenters. The van der Waals surface area contributed by atoms with E-state index in [1.807, 2.05) is 57.0 Å². The third-order valence-corrected chi connectivity index (χ3v) is 4.50. The minimum Gasteiger partial charge on any atom is -0.493 e. The zero-order valence-electron chi connectivity index (χ0n) is 15.9. The number of amides is 1. The van der Waals surface area contributed by atoms with Crippen LogP contribution >= 0.6 is 0 Å². The fourth-order valence-corrected chi connectivity index (χ4v) is 2.57. The highest BCUT2D eigenvalue weighted by Crippen LogP contribution is 2.17. The van der Waals surface area contributed by atoms with E-state index in [1.165, 1.54) is 12.1 Å². The second-order valence-corrected chi connectivity index (χ2v) is 6.57. The summed E-state index contributed by atoms with van der Waals surface area (Å²) in [6, 6.07) is 12.0. The van der Waals surface area contributed by atoms with Crippen molar-refractivity contribution in [3.05, 3.63) is 59.4 Å². The van der Waals surface area contributed by atoms with Crippen LogP contribution in [0.4, 0.5) is 10.1 Å². The maximum atomic E-state index is 13.4. The SMILES string of the molecule is Cc1ccc(F)cc1NC(=O)C(C)N(C)CCCOc1ccccc1C. The van der Waals surface area contributed by atoms with Gasteiger partial charge in [0.05, 0.1) is 12.6 Å². The number of anilines is 1. The molecule has 0 spiro atoms. The molecule has 0 aromatic heterocycles. The standard InChI is InChI=1S/C21H27FN2O2/c1-15-10-11-18(22)14-19(15)23-21(25)17(3)24(4)12-7-13-26-20-9-6-5-8-16(20)2/h5-6,8-11,14,17H,7,12-13H2,1-4H3,(H,23,25). The Morgan fingerprint density at radius 1 is 1.19 bits per heavy atom. The quantitative estimate of drug-likeness (QED) is 0.720. The highest BCUT2D eigenvalue weighted by atomic mass is 19.1. The Morgan fingerprint density at radius 3 is 2.65 bits per heavy atom. The van der Waals surface area contributed by atoms with Crippen LogP contribution in [0.1, 0.15) is 24.5 Å². The molecule has 4 nitrogen and oxygen atoms in total. The second kappa shape index (κ2) is 9.34. The van der Waals surface area contributed by atoms with Crippen LogP contribution in [0.3, 0.4) is 0 Å². The van der Waals surface area contributed by atoms with Crippen molar-refractivity contribution < 1.29 is 13.9 Å². The molecule has 0 bridgehead atoms. The molecule has 0 fully saturated rings. The number of hydrogen-bond acceptors (Lipinski definition) is 3. The van der Waals surface area contributed by atoms with E-state index in [0.29, 0.717) is 12.3 Å². The maximum absolute atomic E-state index is 13.4. The number of aryl methyl sites for hydroxylation is 2. The lowest BCUT2D eigenvalue weighted by atomic mass is 10.2. The van der Waals surface area contributed by atoms with Gasteiger partial charge in [0.15, 0.2) is 0 Å². The van der Waals surface area contributed by atoms with Crippen LogP contribution in [0.5, 0.6) is 5.75 Å². The molecule has 0 aliphatic rings. The number of rotatable bonds is 8. The summed E-state index contributed by atoms with van der Waals surface area (Å²) >= 11 is 0. The van der Waals surface area contributed by atoms with Gasteiger partial charge in [0.2, 0.25) is 5.91 Å². The molecule has 0 heterocycles. The summed E-state index contributed by atoms with van der Waals surface area (Å²) in [5, 5.41) is 2.80. The first-order valence-electron chi connectivity index (χ1n) is 8.84. The summed E-state index contributed by atoms with van der Waals surface area (Å²) in [7, 11) is 1.90. The van der Waals surface area contributed by atoms with Crippen LogP contribution in [0.2, 0.25) is 0 Å². The van der Waals surface area contributed by atoms with E-state index in [4.69, 9.17) is 4.74 Å². The average Bonchev–Trinajstić information content (AvgIpc) is 2.62. The van der Waals surface area contributed by atoms with E-state index in [9.17, 15) is 9.18 Å². The van der Waals surface area contributed by atoms with Crippen LogP contribution in [-0.2, 0) is 4.79 Å². The first-order chi connectivity index (χ1) is 12.4. The van der Waals surface area contributed by atoms with E-state index in [2.05, 4.69) is 5.32 Å². The number of carbonyl (C=O) groups is 1. The summed E-state index contributed by atoms with van der Waals surface area (Å²) in [5.41, 5.74) is 2.46. The number of nitrogens with one attached hydrogen (secondary N) is 1. The third-order valence-electron chi connectivity index (χ3n) is 4.50. The average molecular weight is 358 g/mol. The number of carbonyl (C=O) groups excluding carboxylic acids is 1. The zero-order chi connectivity index (χ0) is 19.1. The summed E-state index contributed by atoms with van der Waals surface area (Å²) in [4.78, 5) is 14.4. The van der Waals surface area contributed by atoms with Gasteiger partial charge >= 0.3 is 0 Å². The van der Waals surface area contributed by atoms with Crippen molar-refractivity contribution in [2.45, 2.75) is 33.2 Å². The van der Waals surface area contributed by atoms with E-state index in [1.54, 1.807) is 6.07 Å². The molecule has 2 aromatic rings. The highest BCUT2D eigenvalue weighted by molar-refractivity contribution is 5.95. The van der Waals surface area contributed by atoms with Gasteiger partial charge < -0.3 is 10.1 Å². The lowest BCUT2D eigenvalue weighted by Crippen LogP contribution is -2.40. The van der Waals surface area contributed by atoms with Gasteiger partial charge in [-0.05, 0) is 63.6 Å². The number of benzene rings is 2. The van der Waals surface area contributed by atoms with Crippen molar-refractivity contribution in [3.8, 4) is 5.75 Å². The minimum absolute atomic E-state index is 0.152. The molecule has 0 aliphatic carbocycles. The Bertz CT molecular complexity index is 749. The summed E-state index contributed by atoms with van der Waals surface area (Å²) in [6.07, 6.45) is 0.807. The maximum Gasteiger partial charge on any atom is 0.241 e. The topological polar surface area (TPSA) is 41.6 Å². The lowest BCUT2D eigenvalue weighted by Gasteiger charge is -2.24. The fourth-order valence-electron chi connectivity index (χ4n) is 2.57. The summed E-state index contributed by atoms with van der Waals surface area (Å²) < 4.78 is 19.1. The molecule has 0 saturated heterocycles. The summed E-state index contributed by atoms with van der Waals surface area (Å²) in [6.45, 7) is 7.01. The van der Waals surface area contributed by atoms with Gasteiger partial charge in [-0.15, -0.1) is 0 Å². The molecular formula is C21H27FN2O2. The van der Waals surface area contributed by atoms with Gasteiger partial charge in [-0.25, -0.2) is 4.39 Å². The predicted molar refractivity (Wildman–Crippen MR) is 103 cm³/mol. The van der Waals surface area contributed by atoms with Gasteiger partial charge in [-0.3, -0.25) is 9.69 Å². The molecule has 1 N–H and O–H groups in total. The van der Waals surface area contributed by atoms with Crippen LogP contribution in [-0.4, -0.2) is 37.0 Å². The van der Waals surface area contributed by atoms with Gasteiger partial charge in [-0.2, -0.15) is 0 Å². The van der Waals surface area contributed by atoms with E-state index < -0.39 is 0 Å². The first-order valence-corrected chi connectivity index (χ1v) is 8.84. The lowest BCUT2D eigenvalue weighted by molar-refractivity contribution is -0.120. The Hall–Kier alpha value is -2.40. The number of hydrogen-bond donors (Lipinski definition) is 1. The van der Waals surface area contributed by atoms with E-state index >= 15 is 0 Å². The Morgan fingerprint density at radius 2 is 1.92 bits per heavy atom. The molecule has 0 aliphatic heterocycles. The monoisotopic (exact) mass is 358 g/mol. The Kier molecular flexibility index (Phi) is 7.16. The molecule has 2 rings (SSSR count). The normalized spacial score (nSPS) is 12.1. The number of ether oxygens (including phenoxy) is 1.